The number of nitrogens with zero attached hydrogens (tertiary/aromatic N) is 3. The number of nitrogens with one attached hydrogen (secondary N) is 1. The van der Waals surface area contributed by atoms with E-state index in [1.165, 1.54) is 30.6 Å². The molecule has 12 heteroatoms. The maximum atomic E-state index is 13.1. The molecule has 37 heavy (non-hydrogen) atoms. The van der Waals surface area contributed by atoms with Crippen LogP contribution in [0, 0.1) is 0 Å². The highest BCUT2D eigenvalue weighted by Gasteiger charge is 2.29. The molecule has 0 saturated carbocycles. The molecular formula is C25H27BrN4O6S. The van der Waals surface area contributed by atoms with E-state index in [1.54, 1.807) is 32.9 Å². The molecule has 1 atom stereocenters. The number of halogens is 1. The molecule has 1 aromatic carbocycles. The zero-order valence-electron chi connectivity index (χ0n) is 20.7. The lowest BCUT2D eigenvalue weighted by molar-refractivity contribution is -0.142. The largest absolute Gasteiger partial charge is 0.450 e. The first kappa shape index (κ1) is 28.2. The standard InChI is InChI=1S/C25H27BrN4O6S/c1-17(31)36-30(24(32)35-25(2,3)4)23-9-5-8-21(28-23)22(15-18-10-12-19(26)13-11-18)29-37(33,34)20-7-6-14-27-16-20/h5-14,16,22,29H,15H2,1-4H3. The predicted octanol–water partition coefficient (Wildman–Crippen LogP) is 4.72. The maximum Gasteiger partial charge on any atom is 0.450 e. The fourth-order valence-corrected chi connectivity index (χ4v) is 4.62. The van der Waals surface area contributed by atoms with Crippen molar-refractivity contribution in [1.82, 2.24) is 14.7 Å². The Labute approximate surface area is 224 Å². The number of aromatic nitrogens is 2. The van der Waals surface area contributed by atoms with Crippen LogP contribution < -0.4 is 9.79 Å². The number of rotatable bonds is 7. The van der Waals surface area contributed by atoms with Gasteiger partial charge >= 0.3 is 12.1 Å². The Balaban J connectivity index is 2.02. The number of pyridine rings is 2. The SMILES string of the molecule is CC(=O)ON(C(=O)OC(C)(C)C)c1cccc(C(Cc2ccc(Br)cc2)NS(=O)(=O)c2cccnc2)n1. The topological polar surface area (TPSA) is 128 Å². The van der Waals surface area contributed by atoms with Crippen molar-refractivity contribution >= 4 is 43.8 Å². The molecule has 3 aromatic rings. The van der Waals surface area contributed by atoms with E-state index in [-0.39, 0.29) is 22.8 Å². The summed E-state index contributed by atoms with van der Waals surface area (Å²) < 4.78 is 35.2. The van der Waals surface area contributed by atoms with E-state index in [0.29, 0.717) is 5.06 Å². The van der Waals surface area contributed by atoms with E-state index in [9.17, 15) is 18.0 Å². The third kappa shape index (κ3) is 8.34. The molecule has 1 unspecified atom stereocenters. The number of sulfonamides is 1. The van der Waals surface area contributed by atoms with Crippen LogP contribution >= 0.6 is 15.9 Å². The van der Waals surface area contributed by atoms with Crippen molar-refractivity contribution in [2.45, 2.75) is 50.7 Å². The first-order valence-corrected chi connectivity index (χ1v) is 13.5. The summed E-state index contributed by atoms with van der Waals surface area (Å²) in [5.74, 6) is -0.815. The molecule has 0 fully saturated rings. The summed E-state index contributed by atoms with van der Waals surface area (Å²) >= 11 is 3.39. The monoisotopic (exact) mass is 590 g/mol. The number of hydrogen-bond donors (Lipinski definition) is 1. The van der Waals surface area contributed by atoms with Gasteiger partial charge in [0.15, 0.2) is 5.82 Å². The van der Waals surface area contributed by atoms with Gasteiger partial charge in [-0.25, -0.2) is 27.7 Å². The number of hydroxylamine groups is 1. The lowest BCUT2D eigenvalue weighted by Crippen LogP contribution is -2.39. The number of anilines is 1. The molecule has 0 bridgehead atoms. The fourth-order valence-electron chi connectivity index (χ4n) is 3.18. The van der Waals surface area contributed by atoms with Gasteiger partial charge < -0.3 is 9.57 Å². The molecule has 2 heterocycles. The molecule has 0 aliphatic rings. The minimum Gasteiger partial charge on any atom is -0.441 e. The van der Waals surface area contributed by atoms with E-state index in [1.807, 2.05) is 24.3 Å². The van der Waals surface area contributed by atoms with Crippen LogP contribution in [0.2, 0.25) is 0 Å². The van der Waals surface area contributed by atoms with Gasteiger partial charge in [-0.3, -0.25) is 4.98 Å². The average Bonchev–Trinajstić information content (AvgIpc) is 2.83. The Morgan fingerprint density at radius 3 is 2.38 bits per heavy atom. The smallest absolute Gasteiger partial charge is 0.441 e. The first-order valence-electron chi connectivity index (χ1n) is 11.2. The summed E-state index contributed by atoms with van der Waals surface area (Å²) in [4.78, 5) is 37.9. The molecule has 0 radical (unpaired) electrons. The number of carbonyl (C=O) groups excluding carboxylic acids is 2. The molecule has 2 aromatic heterocycles. The highest BCUT2D eigenvalue weighted by molar-refractivity contribution is 9.10. The molecule has 10 nitrogen and oxygen atoms in total. The fraction of sp³-hybridized carbons (Fsp3) is 0.280. The van der Waals surface area contributed by atoms with Gasteiger partial charge in [0.2, 0.25) is 10.0 Å². The Morgan fingerprint density at radius 1 is 1.08 bits per heavy atom. The van der Waals surface area contributed by atoms with Crippen LogP contribution in [0.4, 0.5) is 10.6 Å². The van der Waals surface area contributed by atoms with E-state index in [4.69, 9.17) is 9.57 Å². The summed E-state index contributed by atoms with van der Waals surface area (Å²) in [6.45, 7) is 6.14. The number of carbonyl (C=O) groups is 2. The van der Waals surface area contributed by atoms with Crippen molar-refractivity contribution in [2.24, 2.45) is 0 Å². The zero-order valence-corrected chi connectivity index (χ0v) is 23.1. The lowest BCUT2D eigenvalue weighted by Gasteiger charge is -2.26. The van der Waals surface area contributed by atoms with Gasteiger partial charge in [0, 0.05) is 23.8 Å². The van der Waals surface area contributed by atoms with E-state index in [2.05, 4.69) is 30.6 Å². The van der Waals surface area contributed by atoms with E-state index < -0.39 is 33.7 Å². The summed E-state index contributed by atoms with van der Waals surface area (Å²) in [5, 5.41) is 0.642. The Morgan fingerprint density at radius 2 is 1.78 bits per heavy atom. The number of benzene rings is 1. The Kier molecular flexibility index (Phi) is 9.00. The molecule has 196 valence electrons. The van der Waals surface area contributed by atoms with Gasteiger partial charge in [0.25, 0.3) is 0 Å². The number of amides is 1. The van der Waals surface area contributed by atoms with Crippen molar-refractivity contribution in [3.63, 3.8) is 0 Å². The van der Waals surface area contributed by atoms with Crippen LogP contribution in [-0.2, 0) is 30.8 Å². The van der Waals surface area contributed by atoms with Crippen LogP contribution in [-0.4, -0.2) is 36.0 Å². The second-order valence-electron chi connectivity index (χ2n) is 8.97. The molecule has 0 spiro atoms. The van der Waals surface area contributed by atoms with E-state index >= 15 is 0 Å². The Bertz CT molecular complexity index is 1350. The molecule has 3 rings (SSSR count). The van der Waals surface area contributed by atoms with E-state index in [0.717, 1.165) is 17.0 Å². The van der Waals surface area contributed by atoms with Crippen molar-refractivity contribution < 1.29 is 27.6 Å². The minimum absolute atomic E-state index is 0.0118. The van der Waals surface area contributed by atoms with Gasteiger partial charge in [-0.15, -0.1) is 0 Å². The van der Waals surface area contributed by atoms with Crippen LogP contribution in [0.1, 0.15) is 45.0 Å². The van der Waals surface area contributed by atoms with Gasteiger partial charge in [-0.2, -0.15) is 0 Å². The summed E-state index contributed by atoms with van der Waals surface area (Å²) in [5.41, 5.74) is 0.253. The van der Waals surface area contributed by atoms with Crippen molar-refractivity contribution in [1.29, 1.82) is 0 Å². The van der Waals surface area contributed by atoms with Crippen molar-refractivity contribution in [3.05, 3.63) is 82.7 Å². The van der Waals surface area contributed by atoms with Gasteiger partial charge in [-0.05, 0) is 69.2 Å². The predicted molar refractivity (Wildman–Crippen MR) is 140 cm³/mol. The van der Waals surface area contributed by atoms with Crippen LogP contribution in [0.25, 0.3) is 0 Å². The second-order valence-corrected chi connectivity index (χ2v) is 11.6. The highest BCUT2D eigenvalue weighted by Crippen LogP contribution is 2.25. The maximum absolute atomic E-state index is 13.1. The third-order valence-corrected chi connectivity index (χ3v) is 6.68. The van der Waals surface area contributed by atoms with Crippen LogP contribution in [0.3, 0.4) is 0 Å². The molecule has 0 aliphatic heterocycles. The molecule has 1 N–H and O–H groups in total. The molecular weight excluding hydrogens is 564 g/mol. The van der Waals surface area contributed by atoms with Crippen LogP contribution in [0.15, 0.2) is 76.4 Å². The van der Waals surface area contributed by atoms with Crippen LogP contribution in [0.5, 0.6) is 0 Å². The number of hydrogen-bond acceptors (Lipinski definition) is 8. The normalized spacial score (nSPS) is 12.5. The minimum atomic E-state index is -3.98. The van der Waals surface area contributed by atoms with Crippen molar-refractivity contribution in [3.8, 4) is 0 Å². The average molecular weight is 591 g/mol. The first-order chi connectivity index (χ1) is 17.3. The van der Waals surface area contributed by atoms with Crippen molar-refractivity contribution in [2.75, 3.05) is 5.06 Å². The summed E-state index contributed by atoms with van der Waals surface area (Å²) in [7, 11) is -3.98. The molecule has 1 amide bonds. The third-order valence-electron chi connectivity index (χ3n) is 4.70. The quantitative estimate of drug-likeness (QED) is 0.391. The summed E-state index contributed by atoms with van der Waals surface area (Å²) in [6.07, 6.45) is 2.01. The van der Waals surface area contributed by atoms with Gasteiger partial charge in [0.1, 0.15) is 10.5 Å². The molecule has 0 aliphatic carbocycles. The number of ether oxygens (including phenoxy) is 1. The zero-order chi connectivity index (χ0) is 27.2. The second kappa shape index (κ2) is 11.8. The highest BCUT2D eigenvalue weighted by atomic mass is 79.9. The van der Waals surface area contributed by atoms with Gasteiger partial charge in [0.05, 0.1) is 11.7 Å². The summed E-state index contributed by atoms with van der Waals surface area (Å²) in [6, 6.07) is 14.1. The molecule has 0 saturated heterocycles. The van der Waals surface area contributed by atoms with Gasteiger partial charge in [-0.1, -0.05) is 39.2 Å². The lowest BCUT2D eigenvalue weighted by atomic mass is 10.0. The Hall–Kier alpha value is -3.35.